The number of ether oxygens (including phenoxy) is 1. The summed E-state index contributed by atoms with van der Waals surface area (Å²) in [5, 5.41) is 2.73. The highest BCUT2D eigenvalue weighted by Gasteiger charge is 2.18. The van der Waals surface area contributed by atoms with Crippen LogP contribution in [0.5, 0.6) is 0 Å². The summed E-state index contributed by atoms with van der Waals surface area (Å²) in [5.74, 6) is -0.340. The number of benzene rings is 1. The fourth-order valence-electron chi connectivity index (χ4n) is 2.62. The Morgan fingerprint density at radius 3 is 2.35 bits per heavy atom. The zero-order valence-corrected chi connectivity index (χ0v) is 16.6. The maximum Gasteiger partial charge on any atom is 0.241 e. The zero-order valence-electron chi connectivity index (χ0n) is 15.7. The number of morpholine rings is 1. The van der Waals surface area contributed by atoms with Gasteiger partial charge in [0.2, 0.25) is 15.9 Å². The van der Waals surface area contributed by atoms with Crippen LogP contribution in [-0.2, 0) is 25.0 Å². The normalized spacial score (nSPS) is 16.4. The summed E-state index contributed by atoms with van der Waals surface area (Å²) >= 11 is 0. The van der Waals surface area contributed by atoms with E-state index in [0.29, 0.717) is 19.8 Å². The van der Waals surface area contributed by atoms with E-state index in [9.17, 15) is 13.2 Å². The molecule has 1 aliphatic rings. The topological polar surface area (TPSA) is 87.7 Å². The quantitative estimate of drug-likeness (QED) is 0.724. The minimum absolute atomic E-state index is 0.0455. The monoisotopic (exact) mass is 383 g/mol. The summed E-state index contributed by atoms with van der Waals surface area (Å²) < 4.78 is 32.2. The van der Waals surface area contributed by atoms with Crippen LogP contribution in [0, 0.1) is 0 Å². The Kier molecular flexibility index (Phi) is 7.16. The lowest BCUT2D eigenvalue weighted by atomic mass is 9.87. The van der Waals surface area contributed by atoms with Gasteiger partial charge in [-0.1, -0.05) is 32.9 Å². The Bertz CT molecular complexity index is 690. The lowest BCUT2D eigenvalue weighted by molar-refractivity contribution is -0.120. The van der Waals surface area contributed by atoms with Crippen LogP contribution in [0.15, 0.2) is 29.2 Å². The predicted molar refractivity (Wildman–Crippen MR) is 101 cm³/mol. The van der Waals surface area contributed by atoms with E-state index in [0.717, 1.165) is 25.2 Å². The van der Waals surface area contributed by atoms with Crippen LogP contribution in [-0.4, -0.2) is 65.2 Å². The first-order chi connectivity index (χ1) is 12.2. The molecule has 2 N–H and O–H groups in total. The van der Waals surface area contributed by atoms with Crippen molar-refractivity contribution in [2.75, 3.05) is 45.9 Å². The molecule has 7 nitrogen and oxygen atoms in total. The molecule has 1 aromatic carbocycles. The Labute approximate surface area is 156 Å². The summed E-state index contributed by atoms with van der Waals surface area (Å²) in [5.41, 5.74) is 1.01. The van der Waals surface area contributed by atoms with Gasteiger partial charge in [-0.2, -0.15) is 0 Å². The van der Waals surface area contributed by atoms with Crippen LogP contribution in [0.1, 0.15) is 26.3 Å². The van der Waals surface area contributed by atoms with Crippen molar-refractivity contribution < 1.29 is 17.9 Å². The molecule has 146 valence electrons. The molecule has 1 fully saturated rings. The van der Waals surface area contributed by atoms with Gasteiger partial charge < -0.3 is 10.1 Å². The van der Waals surface area contributed by atoms with Gasteiger partial charge in [0.1, 0.15) is 0 Å². The van der Waals surface area contributed by atoms with Gasteiger partial charge in [0.25, 0.3) is 0 Å². The van der Waals surface area contributed by atoms with Gasteiger partial charge >= 0.3 is 0 Å². The first-order valence-corrected chi connectivity index (χ1v) is 10.3. The Morgan fingerprint density at radius 1 is 1.15 bits per heavy atom. The SMILES string of the molecule is CC(C)(C)c1ccc(S(=O)(=O)NCC(=O)NCCN2CCOCC2)cc1. The second-order valence-corrected chi connectivity index (χ2v) is 9.17. The standard InChI is InChI=1S/C18H29N3O4S/c1-18(2,3)15-4-6-16(7-5-15)26(23,24)20-14-17(22)19-8-9-21-10-12-25-13-11-21/h4-7,20H,8-14H2,1-3H3,(H,19,22). The molecule has 8 heteroatoms. The molecular weight excluding hydrogens is 354 g/mol. The lowest BCUT2D eigenvalue weighted by Crippen LogP contribution is -2.43. The van der Waals surface area contributed by atoms with Crippen molar-refractivity contribution >= 4 is 15.9 Å². The van der Waals surface area contributed by atoms with Crippen molar-refractivity contribution in [1.29, 1.82) is 0 Å². The smallest absolute Gasteiger partial charge is 0.241 e. The molecule has 0 aliphatic carbocycles. The predicted octanol–water partition coefficient (Wildman–Crippen LogP) is 0.711. The fraction of sp³-hybridized carbons (Fsp3) is 0.611. The van der Waals surface area contributed by atoms with Crippen LogP contribution in [0.3, 0.4) is 0 Å². The second-order valence-electron chi connectivity index (χ2n) is 7.40. The van der Waals surface area contributed by atoms with Gasteiger partial charge in [-0.05, 0) is 23.1 Å². The first kappa shape index (κ1) is 20.8. The number of nitrogens with zero attached hydrogens (tertiary/aromatic N) is 1. The van der Waals surface area contributed by atoms with Gasteiger partial charge in [0.15, 0.2) is 0 Å². The fourth-order valence-corrected chi connectivity index (χ4v) is 3.60. The van der Waals surface area contributed by atoms with E-state index in [2.05, 4.69) is 35.7 Å². The van der Waals surface area contributed by atoms with E-state index in [1.165, 1.54) is 0 Å². The largest absolute Gasteiger partial charge is 0.379 e. The van der Waals surface area contributed by atoms with Crippen LogP contribution in [0.4, 0.5) is 0 Å². The number of hydrogen-bond donors (Lipinski definition) is 2. The van der Waals surface area contributed by atoms with Gasteiger partial charge in [-0.15, -0.1) is 0 Å². The number of nitrogens with one attached hydrogen (secondary N) is 2. The Hall–Kier alpha value is -1.48. The van der Waals surface area contributed by atoms with Crippen molar-refractivity contribution in [3.05, 3.63) is 29.8 Å². The van der Waals surface area contributed by atoms with Crippen LogP contribution >= 0.6 is 0 Å². The average molecular weight is 384 g/mol. The Balaban J connectivity index is 1.78. The average Bonchev–Trinajstić information content (AvgIpc) is 2.60. The van der Waals surface area contributed by atoms with Crippen LogP contribution in [0.25, 0.3) is 0 Å². The summed E-state index contributed by atoms with van der Waals surface area (Å²) in [6.07, 6.45) is 0. The van der Waals surface area contributed by atoms with Gasteiger partial charge in [0, 0.05) is 26.2 Å². The first-order valence-electron chi connectivity index (χ1n) is 8.85. The van der Waals surface area contributed by atoms with Crippen molar-refractivity contribution in [3.8, 4) is 0 Å². The molecule has 1 amide bonds. The van der Waals surface area contributed by atoms with Crippen molar-refractivity contribution in [2.24, 2.45) is 0 Å². The molecule has 1 aliphatic heterocycles. The zero-order chi connectivity index (χ0) is 19.2. The van der Waals surface area contributed by atoms with Crippen LogP contribution in [0.2, 0.25) is 0 Å². The van der Waals surface area contributed by atoms with Gasteiger partial charge in [0.05, 0.1) is 24.7 Å². The summed E-state index contributed by atoms with van der Waals surface area (Å²) in [4.78, 5) is 14.2. The van der Waals surface area contributed by atoms with E-state index in [4.69, 9.17) is 4.74 Å². The molecule has 0 bridgehead atoms. The number of rotatable bonds is 7. The molecule has 0 unspecified atom stereocenters. The van der Waals surface area contributed by atoms with E-state index in [-0.39, 0.29) is 22.8 Å². The number of carbonyl (C=O) groups excluding carboxylic acids is 1. The summed E-state index contributed by atoms with van der Waals surface area (Å²) in [7, 11) is -3.70. The minimum atomic E-state index is -3.70. The van der Waals surface area contributed by atoms with E-state index in [1.54, 1.807) is 24.3 Å². The lowest BCUT2D eigenvalue weighted by Gasteiger charge is -2.26. The van der Waals surface area contributed by atoms with Gasteiger partial charge in [-0.25, -0.2) is 13.1 Å². The number of carbonyl (C=O) groups is 1. The summed E-state index contributed by atoms with van der Waals surface area (Å²) in [6.45, 7) is 10.3. The molecule has 1 heterocycles. The maximum absolute atomic E-state index is 12.3. The molecule has 0 saturated carbocycles. The minimum Gasteiger partial charge on any atom is -0.379 e. The van der Waals surface area contributed by atoms with E-state index >= 15 is 0 Å². The summed E-state index contributed by atoms with van der Waals surface area (Å²) in [6, 6.07) is 6.74. The van der Waals surface area contributed by atoms with E-state index < -0.39 is 10.0 Å². The third-order valence-electron chi connectivity index (χ3n) is 4.31. The number of sulfonamides is 1. The Morgan fingerprint density at radius 2 is 1.77 bits per heavy atom. The van der Waals surface area contributed by atoms with Gasteiger partial charge in [-0.3, -0.25) is 9.69 Å². The number of amides is 1. The van der Waals surface area contributed by atoms with Crippen molar-refractivity contribution in [1.82, 2.24) is 14.9 Å². The third kappa shape index (κ3) is 6.35. The molecule has 0 aromatic heterocycles. The van der Waals surface area contributed by atoms with Crippen molar-refractivity contribution in [2.45, 2.75) is 31.1 Å². The maximum atomic E-state index is 12.3. The van der Waals surface area contributed by atoms with Crippen LogP contribution < -0.4 is 10.0 Å². The highest BCUT2D eigenvalue weighted by Crippen LogP contribution is 2.23. The highest BCUT2D eigenvalue weighted by molar-refractivity contribution is 7.89. The molecule has 0 spiro atoms. The molecule has 26 heavy (non-hydrogen) atoms. The molecular formula is C18H29N3O4S. The molecule has 0 atom stereocenters. The molecule has 1 aromatic rings. The highest BCUT2D eigenvalue weighted by atomic mass is 32.2. The molecule has 1 saturated heterocycles. The van der Waals surface area contributed by atoms with E-state index in [1.807, 2.05) is 0 Å². The second kappa shape index (κ2) is 8.94. The van der Waals surface area contributed by atoms with Crippen molar-refractivity contribution in [3.63, 3.8) is 0 Å². The molecule has 2 rings (SSSR count). The third-order valence-corrected chi connectivity index (χ3v) is 5.72. The molecule has 0 radical (unpaired) electrons. The number of hydrogen-bond acceptors (Lipinski definition) is 5.